The largest absolute Gasteiger partial charge is 0.489 e. The molecule has 2 N–H and O–H groups in total. The molecule has 0 atom stereocenters. The molecule has 0 aliphatic rings. The minimum absolute atomic E-state index is 0.286. The van der Waals surface area contributed by atoms with Crippen LogP contribution in [0.25, 0.3) is 0 Å². The number of benzene rings is 1. The van der Waals surface area contributed by atoms with Gasteiger partial charge in [-0.15, -0.1) is 0 Å². The molecule has 0 radical (unpaired) electrons. The van der Waals surface area contributed by atoms with E-state index in [0.29, 0.717) is 11.5 Å². The molecular formula is C16H19FN2O. The van der Waals surface area contributed by atoms with Gasteiger partial charge in [0.15, 0.2) is 0 Å². The molecule has 0 unspecified atom stereocenters. The molecule has 0 saturated heterocycles. The number of hydrogen-bond donors (Lipinski definition) is 1. The van der Waals surface area contributed by atoms with E-state index >= 15 is 0 Å². The van der Waals surface area contributed by atoms with Crippen LogP contribution in [0.4, 0.5) is 10.1 Å². The van der Waals surface area contributed by atoms with Crippen LogP contribution in [0, 0.1) is 12.7 Å². The van der Waals surface area contributed by atoms with Crippen molar-refractivity contribution < 1.29 is 9.13 Å². The van der Waals surface area contributed by atoms with Crippen LogP contribution in [0.5, 0.6) is 5.75 Å². The molecule has 1 aromatic carbocycles. The number of rotatable bonds is 4. The molecule has 20 heavy (non-hydrogen) atoms. The van der Waals surface area contributed by atoms with Crippen molar-refractivity contribution in [2.45, 2.75) is 33.3 Å². The first kappa shape index (κ1) is 14.3. The highest BCUT2D eigenvalue weighted by atomic mass is 19.1. The number of anilines is 1. The van der Waals surface area contributed by atoms with E-state index < -0.39 is 0 Å². The van der Waals surface area contributed by atoms with Crippen molar-refractivity contribution >= 4 is 5.69 Å². The molecule has 4 heteroatoms. The maximum Gasteiger partial charge on any atom is 0.141 e. The minimum atomic E-state index is -0.358. The Kier molecular flexibility index (Phi) is 4.23. The van der Waals surface area contributed by atoms with Crippen LogP contribution in [0.3, 0.4) is 0 Å². The molecule has 0 amide bonds. The molecule has 2 rings (SSSR count). The molecule has 0 saturated carbocycles. The van der Waals surface area contributed by atoms with Crippen LogP contribution in [-0.2, 0) is 6.61 Å². The number of nitrogen functional groups attached to an aromatic ring is 1. The summed E-state index contributed by atoms with van der Waals surface area (Å²) in [5, 5.41) is 0. The first-order valence-electron chi connectivity index (χ1n) is 6.59. The molecule has 0 spiro atoms. The summed E-state index contributed by atoms with van der Waals surface area (Å²) in [5.41, 5.74) is 9.43. The third-order valence-corrected chi connectivity index (χ3v) is 3.18. The Morgan fingerprint density at radius 3 is 2.65 bits per heavy atom. The van der Waals surface area contributed by atoms with Crippen LogP contribution >= 0.6 is 0 Å². The van der Waals surface area contributed by atoms with Gasteiger partial charge in [0.1, 0.15) is 18.2 Å². The van der Waals surface area contributed by atoms with Crippen LogP contribution in [0.15, 0.2) is 30.6 Å². The second-order valence-corrected chi connectivity index (χ2v) is 5.20. The summed E-state index contributed by atoms with van der Waals surface area (Å²) in [7, 11) is 0. The Morgan fingerprint density at radius 2 is 2.00 bits per heavy atom. The first-order chi connectivity index (χ1) is 9.47. The zero-order valence-electron chi connectivity index (χ0n) is 12.0. The monoisotopic (exact) mass is 274 g/mol. The summed E-state index contributed by atoms with van der Waals surface area (Å²) in [6.07, 6.45) is 2.78. The zero-order valence-corrected chi connectivity index (χ0v) is 12.0. The summed E-state index contributed by atoms with van der Waals surface area (Å²) < 4.78 is 18.9. The Bertz CT molecular complexity index is 611. The summed E-state index contributed by atoms with van der Waals surface area (Å²) in [4.78, 5) is 3.81. The van der Waals surface area contributed by atoms with Gasteiger partial charge in [0.25, 0.3) is 0 Å². The zero-order chi connectivity index (χ0) is 14.7. The van der Waals surface area contributed by atoms with Crippen LogP contribution in [0.1, 0.15) is 36.5 Å². The number of halogens is 1. The topological polar surface area (TPSA) is 48.1 Å². The van der Waals surface area contributed by atoms with Gasteiger partial charge in [-0.25, -0.2) is 4.39 Å². The number of nitrogens with zero attached hydrogens (tertiary/aromatic N) is 1. The average Bonchev–Trinajstić information content (AvgIpc) is 2.39. The van der Waals surface area contributed by atoms with E-state index in [1.165, 1.54) is 12.3 Å². The standard InChI is InChI=1S/C16H19FN2O/c1-10(2)14-6-15(18)11(3)4-16(14)20-9-12-5-13(17)8-19-7-12/h4-8,10H,9,18H2,1-3H3. The van der Waals surface area contributed by atoms with E-state index in [1.807, 2.05) is 19.1 Å². The predicted molar refractivity (Wildman–Crippen MR) is 78.2 cm³/mol. The van der Waals surface area contributed by atoms with Gasteiger partial charge < -0.3 is 10.5 Å². The quantitative estimate of drug-likeness (QED) is 0.862. The van der Waals surface area contributed by atoms with Gasteiger partial charge in [0.05, 0.1) is 6.20 Å². The summed E-state index contributed by atoms with van der Waals surface area (Å²) >= 11 is 0. The van der Waals surface area contributed by atoms with Gasteiger partial charge in [0, 0.05) is 17.4 Å². The van der Waals surface area contributed by atoms with Crippen LogP contribution in [-0.4, -0.2) is 4.98 Å². The maximum atomic E-state index is 13.1. The number of aromatic nitrogens is 1. The summed E-state index contributed by atoms with van der Waals surface area (Å²) in [6, 6.07) is 5.29. The van der Waals surface area contributed by atoms with E-state index in [0.717, 1.165) is 22.6 Å². The number of ether oxygens (including phenoxy) is 1. The highest BCUT2D eigenvalue weighted by Gasteiger charge is 2.11. The van der Waals surface area contributed by atoms with Gasteiger partial charge in [-0.2, -0.15) is 0 Å². The van der Waals surface area contributed by atoms with Crippen LogP contribution in [0.2, 0.25) is 0 Å². The second-order valence-electron chi connectivity index (χ2n) is 5.20. The summed E-state index contributed by atoms with van der Waals surface area (Å²) in [6.45, 7) is 6.39. The molecule has 2 aromatic rings. The van der Waals surface area contributed by atoms with Crippen molar-refractivity contribution in [3.63, 3.8) is 0 Å². The molecule has 3 nitrogen and oxygen atoms in total. The van der Waals surface area contributed by atoms with Crippen molar-refractivity contribution in [3.8, 4) is 5.75 Å². The lowest BCUT2D eigenvalue weighted by molar-refractivity contribution is 0.300. The highest BCUT2D eigenvalue weighted by molar-refractivity contribution is 5.55. The van der Waals surface area contributed by atoms with E-state index in [4.69, 9.17) is 10.5 Å². The van der Waals surface area contributed by atoms with E-state index in [-0.39, 0.29) is 12.4 Å². The molecule has 0 aliphatic heterocycles. The Morgan fingerprint density at radius 1 is 1.25 bits per heavy atom. The molecule has 0 fully saturated rings. The predicted octanol–water partition coefficient (Wildman–Crippen LogP) is 3.81. The van der Waals surface area contributed by atoms with Crippen molar-refractivity contribution in [2.24, 2.45) is 0 Å². The van der Waals surface area contributed by atoms with Crippen molar-refractivity contribution in [1.82, 2.24) is 4.98 Å². The number of nitrogens with two attached hydrogens (primary N) is 1. The van der Waals surface area contributed by atoms with Crippen molar-refractivity contribution in [2.75, 3.05) is 5.73 Å². The third kappa shape index (κ3) is 3.26. The normalized spacial score (nSPS) is 10.8. The van der Waals surface area contributed by atoms with E-state index in [1.54, 1.807) is 6.20 Å². The average molecular weight is 274 g/mol. The smallest absolute Gasteiger partial charge is 0.141 e. The minimum Gasteiger partial charge on any atom is -0.489 e. The fraction of sp³-hybridized carbons (Fsp3) is 0.312. The lowest BCUT2D eigenvalue weighted by Gasteiger charge is -2.16. The maximum absolute atomic E-state index is 13.1. The van der Waals surface area contributed by atoms with Crippen molar-refractivity contribution in [3.05, 3.63) is 53.1 Å². The third-order valence-electron chi connectivity index (χ3n) is 3.18. The van der Waals surface area contributed by atoms with E-state index in [2.05, 4.69) is 18.8 Å². The molecule has 0 bridgehead atoms. The number of pyridine rings is 1. The van der Waals surface area contributed by atoms with Gasteiger partial charge in [-0.3, -0.25) is 4.98 Å². The molecule has 1 aromatic heterocycles. The van der Waals surface area contributed by atoms with E-state index in [9.17, 15) is 4.39 Å². The molecular weight excluding hydrogens is 255 g/mol. The summed E-state index contributed by atoms with van der Waals surface area (Å²) in [5.74, 6) is 0.734. The fourth-order valence-electron chi connectivity index (χ4n) is 1.99. The van der Waals surface area contributed by atoms with Gasteiger partial charge in [-0.05, 0) is 42.2 Å². The SMILES string of the molecule is Cc1cc(OCc2cncc(F)c2)c(C(C)C)cc1N. The molecule has 1 heterocycles. The van der Waals surface area contributed by atoms with Gasteiger partial charge in [0.2, 0.25) is 0 Å². The lowest BCUT2D eigenvalue weighted by atomic mass is 9.99. The number of hydrogen-bond acceptors (Lipinski definition) is 3. The second kappa shape index (κ2) is 5.90. The fourth-order valence-corrected chi connectivity index (χ4v) is 1.99. The Hall–Kier alpha value is -2.10. The van der Waals surface area contributed by atoms with Crippen molar-refractivity contribution in [1.29, 1.82) is 0 Å². The van der Waals surface area contributed by atoms with Gasteiger partial charge >= 0.3 is 0 Å². The Labute approximate surface area is 118 Å². The first-order valence-corrected chi connectivity index (χ1v) is 6.59. The number of aryl methyl sites for hydroxylation is 1. The molecule has 106 valence electrons. The lowest BCUT2D eigenvalue weighted by Crippen LogP contribution is -2.03. The van der Waals surface area contributed by atoms with Crippen LogP contribution < -0.4 is 10.5 Å². The molecule has 0 aliphatic carbocycles. The Balaban J connectivity index is 2.22. The van der Waals surface area contributed by atoms with Gasteiger partial charge in [-0.1, -0.05) is 13.8 Å². The highest BCUT2D eigenvalue weighted by Crippen LogP contribution is 2.31.